The Labute approximate surface area is 143 Å². The highest BCUT2D eigenvalue weighted by molar-refractivity contribution is 5.92. The van der Waals surface area contributed by atoms with Gasteiger partial charge in [-0.1, -0.05) is 18.2 Å². The van der Waals surface area contributed by atoms with Gasteiger partial charge in [-0.3, -0.25) is 20.2 Å². The van der Waals surface area contributed by atoms with Gasteiger partial charge in [0.15, 0.2) is 11.9 Å². The van der Waals surface area contributed by atoms with Gasteiger partial charge in [0, 0.05) is 6.20 Å². The summed E-state index contributed by atoms with van der Waals surface area (Å²) in [7, 11) is 0. The summed E-state index contributed by atoms with van der Waals surface area (Å²) in [6.45, 7) is 1.58. The van der Waals surface area contributed by atoms with Crippen molar-refractivity contribution in [1.29, 1.82) is 5.26 Å². The van der Waals surface area contributed by atoms with Crippen molar-refractivity contribution in [3.05, 3.63) is 54.2 Å². The number of aromatic amines is 1. The van der Waals surface area contributed by atoms with E-state index in [0.29, 0.717) is 22.8 Å². The minimum atomic E-state index is -0.827. The second-order valence-electron chi connectivity index (χ2n) is 5.08. The summed E-state index contributed by atoms with van der Waals surface area (Å²) in [5.41, 5.74) is 0.972. The number of ether oxygens (including phenoxy) is 1. The third-order valence-electron chi connectivity index (χ3n) is 3.31. The number of para-hydroxylation sites is 1. The van der Waals surface area contributed by atoms with E-state index in [4.69, 9.17) is 10.00 Å². The Balaban J connectivity index is 1.66. The van der Waals surface area contributed by atoms with Crippen LogP contribution < -0.4 is 10.1 Å². The molecule has 124 valence electrons. The predicted octanol–water partition coefficient (Wildman–Crippen LogP) is 2.14. The zero-order valence-electron chi connectivity index (χ0n) is 13.3. The molecule has 0 saturated carbocycles. The summed E-state index contributed by atoms with van der Waals surface area (Å²) in [5.74, 6) is 0.477. The number of nitriles is 1. The van der Waals surface area contributed by atoms with Gasteiger partial charge < -0.3 is 4.74 Å². The van der Waals surface area contributed by atoms with Crippen molar-refractivity contribution in [2.24, 2.45) is 0 Å². The number of H-pyrrole nitrogens is 1. The Bertz CT molecular complexity index is 916. The molecule has 8 heteroatoms. The van der Waals surface area contributed by atoms with Crippen molar-refractivity contribution in [3.8, 4) is 23.3 Å². The molecule has 1 aromatic carbocycles. The number of rotatable bonds is 5. The number of carbonyl (C=O) groups excluding carboxylic acids is 1. The Hall–Kier alpha value is -3.73. The minimum Gasteiger partial charge on any atom is -0.480 e. The monoisotopic (exact) mass is 334 g/mol. The summed E-state index contributed by atoms with van der Waals surface area (Å²) in [4.78, 5) is 20.6. The molecule has 0 unspecified atom stereocenters. The molecule has 1 atom stereocenters. The van der Waals surface area contributed by atoms with E-state index in [-0.39, 0.29) is 5.95 Å². The highest BCUT2D eigenvalue weighted by Gasteiger charge is 2.18. The molecule has 0 fully saturated rings. The molecule has 3 rings (SSSR count). The molecule has 1 amide bonds. The van der Waals surface area contributed by atoms with Gasteiger partial charge in [0.1, 0.15) is 17.5 Å². The molecular formula is C17H14N6O2. The van der Waals surface area contributed by atoms with Crippen LogP contribution in [-0.2, 0) is 4.79 Å². The number of anilines is 1. The molecule has 0 spiro atoms. The zero-order valence-corrected chi connectivity index (χ0v) is 13.3. The molecule has 2 N–H and O–H groups in total. The number of amides is 1. The second-order valence-corrected chi connectivity index (χ2v) is 5.08. The van der Waals surface area contributed by atoms with E-state index in [1.807, 2.05) is 12.1 Å². The van der Waals surface area contributed by atoms with E-state index in [1.165, 1.54) is 0 Å². The van der Waals surface area contributed by atoms with Crippen molar-refractivity contribution in [3.63, 3.8) is 0 Å². The Morgan fingerprint density at radius 1 is 1.28 bits per heavy atom. The van der Waals surface area contributed by atoms with Crippen LogP contribution in [0.25, 0.3) is 11.5 Å². The maximum absolute atomic E-state index is 12.2. The van der Waals surface area contributed by atoms with E-state index < -0.39 is 12.0 Å². The third-order valence-corrected chi connectivity index (χ3v) is 3.31. The number of aromatic nitrogens is 4. The number of hydrogen-bond donors (Lipinski definition) is 2. The SMILES string of the molecule is C[C@@H](Oc1ccccc1C#N)C(=O)Nc1n[nH]c(-c2ccccn2)n1. The summed E-state index contributed by atoms with van der Waals surface area (Å²) in [6, 6.07) is 14.1. The first kappa shape index (κ1) is 16.1. The average molecular weight is 334 g/mol. The Morgan fingerprint density at radius 3 is 2.84 bits per heavy atom. The largest absolute Gasteiger partial charge is 0.480 e. The van der Waals surface area contributed by atoms with Gasteiger partial charge in [0.2, 0.25) is 5.95 Å². The fourth-order valence-electron chi connectivity index (χ4n) is 2.05. The van der Waals surface area contributed by atoms with Gasteiger partial charge in [-0.2, -0.15) is 10.2 Å². The number of hydrogen-bond acceptors (Lipinski definition) is 6. The smallest absolute Gasteiger partial charge is 0.267 e. The molecule has 2 heterocycles. The van der Waals surface area contributed by atoms with Gasteiger partial charge >= 0.3 is 0 Å². The lowest BCUT2D eigenvalue weighted by molar-refractivity contribution is -0.122. The van der Waals surface area contributed by atoms with Crippen LogP contribution in [0.2, 0.25) is 0 Å². The summed E-state index contributed by atoms with van der Waals surface area (Å²) >= 11 is 0. The molecule has 8 nitrogen and oxygen atoms in total. The average Bonchev–Trinajstić information content (AvgIpc) is 3.11. The molecular weight excluding hydrogens is 320 g/mol. The lowest BCUT2D eigenvalue weighted by Crippen LogP contribution is -2.30. The maximum Gasteiger partial charge on any atom is 0.267 e. The number of benzene rings is 1. The quantitative estimate of drug-likeness (QED) is 0.738. The van der Waals surface area contributed by atoms with E-state index in [9.17, 15) is 4.79 Å². The lowest BCUT2D eigenvalue weighted by Gasteiger charge is -2.14. The third kappa shape index (κ3) is 3.79. The molecule has 3 aromatic rings. The summed E-state index contributed by atoms with van der Waals surface area (Å²) in [5, 5.41) is 18.3. The van der Waals surface area contributed by atoms with Crippen LogP contribution in [0.4, 0.5) is 5.95 Å². The van der Waals surface area contributed by atoms with Crippen molar-refractivity contribution < 1.29 is 9.53 Å². The number of pyridine rings is 1. The van der Waals surface area contributed by atoms with E-state index in [2.05, 4.69) is 25.5 Å². The van der Waals surface area contributed by atoms with Crippen LogP contribution in [0.3, 0.4) is 0 Å². The van der Waals surface area contributed by atoms with Crippen LogP contribution in [0.15, 0.2) is 48.7 Å². The van der Waals surface area contributed by atoms with Crippen LogP contribution in [0.5, 0.6) is 5.75 Å². The highest BCUT2D eigenvalue weighted by atomic mass is 16.5. The Kier molecular flexibility index (Phi) is 4.67. The maximum atomic E-state index is 12.2. The molecule has 2 aromatic heterocycles. The van der Waals surface area contributed by atoms with Gasteiger partial charge in [-0.15, -0.1) is 5.10 Å². The fourth-order valence-corrected chi connectivity index (χ4v) is 2.05. The first-order valence-corrected chi connectivity index (χ1v) is 7.48. The molecule has 0 aliphatic rings. The number of nitrogens with zero attached hydrogens (tertiary/aromatic N) is 4. The van der Waals surface area contributed by atoms with E-state index in [1.54, 1.807) is 49.5 Å². The van der Waals surface area contributed by atoms with Gasteiger partial charge in [-0.25, -0.2) is 0 Å². The normalized spacial score (nSPS) is 11.4. The summed E-state index contributed by atoms with van der Waals surface area (Å²) in [6.07, 6.45) is 0.810. The molecule has 0 aliphatic carbocycles. The first-order valence-electron chi connectivity index (χ1n) is 7.48. The topological polar surface area (TPSA) is 117 Å². The van der Waals surface area contributed by atoms with Gasteiger partial charge in [-0.05, 0) is 31.2 Å². The van der Waals surface area contributed by atoms with Crippen molar-refractivity contribution in [2.45, 2.75) is 13.0 Å². The van der Waals surface area contributed by atoms with Crippen molar-refractivity contribution in [2.75, 3.05) is 5.32 Å². The highest BCUT2D eigenvalue weighted by Crippen LogP contribution is 2.18. The van der Waals surface area contributed by atoms with Crippen LogP contribution >= 0.6 is 0 Å². The van der Waals surface area contributed by atoms with Crippen molar-refractivity contribution >= 4 is 11.9 Å². The predicted molar refractivity (Wildman–Crippen MR) is 89.5 cm³/mol. The van der Waals surface area contributed by atoms with Crippen LogP contribution in [0.1, 0.15) is 12.5 Å². The second kappa shape index (κ2) is 7.23. The summed E-state index contributed by atoms with van der Waals surface area (Å²) < 4.78 is 5.55. The number of carbonyl (C=O) groups is 1. The van der Waals surface area contributed by atoms with E-state index in [0.717, 1.165) is 0 Å². The first-order chi connectivity index (χ1) is 12.2. The number of nitrogens with one attached hydrogen (secondary N) is 2. The van der Waals surface area contributed by atoms with Crippen molar-refractivity contribution in [1.82, 2.24) is 20.2 Å². The van der Waals surface area contributed by atoms with Crippen LogP contribution in [0, 0.1) is 11.3 Å². The minimum absolute atomic E-state index is 0.120. The standard InChI is InChI=1S/C17H14N6O2/c1-11(25-14-8-3-2-6-12(14)10-18)16(24)21-17-20-15(22-23-17)13-7-4-5-9-19-13/h2-9,11H,1H3,(H2,20,21,22,23,24)/t11-/m1/s1. The molecule has 0 radical (unpaired) electrons. The molecule has 0 bridgehead atoms. The van der Waals surface area contributed by atoms with Crippen LogP contribution in [-0.4, -0.2) is 32.2 Å². The molecule has 25 heavy (non-hydrogen) atoms. The lowest BCUT2D eigenvalue weighted by atomic mass is 10.2. The van der Waals surface area contributed by atoms with E-state index >= 15 is 0 Å². The molecule has 0 saturated heterocycles. The van der Waals surface area contributed by atoms with Gasteiger partial charge in [0.05, 0.1) is 5.56 Å². The Morgan fingerprint density at radius 2 is 2.08 bits per heavy atom. The van der Waals surface area contributed by atoms with Gasteiger partial charge in [0.25, 0.3) is 5.91 Å². The zero-order chi connectivity index (χ0) is 17.6. The molecule has 0 aliphatic heterocycles. The fraction of sp³-hybridized carbons (Fsp3) is 0.118.